The van der Waals surface area contributed by atoms with E-state index in [4.69, 9.17) is 68.4 Å². The van der Waals surface area contributed by atoms with Gasteiger partial charge in [-0.2, -0.15) is 8.42 Å². The summed E-state index contributed by atoms with van der Waals surface area (Å²) in [7, 11) is -40.8. The lowest BCUT2D eigenvalue weighted by Gasteiger charge is -2.48. The van der Waals surface area contributed by atoms with Crippen molar-refractivity contribution in [1.29, 1.82) is 0 Å². The number of carboxylic acid groups (broad SMARTS) is 1. The fraction of sp³-hybridized carbons (Fsp3) is 0.462. The third-order valence-corrected chi connectivity index (χ3v) is 8.31. The summed E-state index contributed by atoms with van der Waals surface area (Å²) in [5.41, 5.74) is -0.342. The van der Waals surface area contributed by atoms with Crippen LogP contribution in [0.25, 0.3) is 0 Å². The molecule has 1 aliphatic rings. The molecule has 1 saturated carbocycles. The number of aromatic carboxylic acids is 1. The van der Waals surface area contributed by atoms with E-state index in [2.05, 4.69) is 31.3 Å². The van der Waals surface area contributed by atoms with Gasteiger partial charge in [-0.15, -0.1) is 0 Å². The van der Waals surface area contributed by atoms with Crippen LogP contribution in [-0.4, -0.2) is 119 Å². The zero-order valence-corrected chi connectivity index (χ0v) is 29.3. The number of hydrogen-bond donors (Lipinski definition) is 14. The molecule has 0 atom stereocenters. The van der Waals surface area contributed by atoms with E-state index >= 15 is 0 Å². The summed E-state index contributed by atoms with van der Waals surface area (Å²) in [6, 6.07) is 5.06. The van der Waals surface area contributed by atoms with Gasteiger partial charge in [0.05, 0.1) is 0 Å². The minimum absolute atomic E-state index is 0.342. The van der Waals surface area contributed by atoms with Gasteiger partial charge in [-0.1, -0.05) is 12.1 Å². The molecule has 0 heterocycles. The lowest BCUT2D eigenvalue weighted by Crippen LogP contribution is -2.66. The Morgan fingerprint density at radius 3 is 0.900 bits per heavy atom. The Morgan fingerprint density at radius 2 is 0.720 bits per heavy atom. The van der Waals surface area contributed by atoms with Gasteiger partial charge in [-0.3, -0.25) is 31.7 Å². The second-order valence-corrected chi connectivity index (χ2v) is 16.8. The van der Waals surface area contributed by atoms with E-state index in [-0.39, 0.29) is 5.56 Å². The average Bonchev–Trinajstić information content (AvgIpc) is 2.81. The van der Waals surface area contributed by atoms with Gasteiger partial charge in [0, 0.05) is 0 Å². The molecule has 0 amide bonds. The van der Waals surface area contributed by atoms with Crippen molar-refractivity contribution in [2.75, 3.05) is 0 Å². The van der Waals surface area contributed by atoms with E-state index in [0.717, 1.165) is 12.1 Å². The molecule has 0 spiro atoms. The first-order chi connectivity index (χ1) is 22.0. The second kappa shape index (κ2) is 17.0. The fourth-order valence-corrected chi connectivity index (χ4v) is 7.34. The van der Waals surface area contributed by atoms with E-state index in [0.29, 0.717) is 0 Å². The van der Waals surface area contributed by atoms with E-state index in [1.165, 1.54) is 12.1 Å². The Hall–Kier alpha value is -0.940. The molecule has 2 rings (SSSR count). The molecule has 1 aromatic carbocycles. The summed E-state index contributed by atoms with van der Waals surface area (Å²) in [5.74, 6) is -1.77. The van der Waals surface area contributed by atoms with Gasteiger partial charge in [0.15, 0.2) is 5.75 Å². The Morgan fingerprint density at radius 1 is 0.500 bits per heavy atom. The maximum atomic E-state index is 11.4. The standard InChI is InChI=1S/C7H6O6S.C6H18O24P6/c8-7(9)5-3-1-2-4-6(5)13-14(10,11)12;7-31(8,9)25-1-2(26-32(10,11)12)4(28-34(16,17)18)6(30-36(22,23)24)5(29-35(19,20)21)3(1)27-33(13,14)15/h1-4H,(H,8,9)(H,10,11,12);1-6H,(H2,7,8,9)(H2,10,11,12)(H2,13,14,15)(H2,16,17,18)(H2,19,20,21)(H2,22,23,24)/t;1-,2-,3-,4+,5-,6-. The first kappa shape index (κ1) is 47.1. The second-order valence-electron chi connectivity index (χ2n) is 8.68. The highest BCUT2D eigenvalue weighted by molar-refractivity contribution is 7.81. The molecule has 1 aromatic rings. The third kappa shape index (κ3) is 18.7. The normalized spacial score (nSPS) is 24.2. The van der Waals surface area contributed by atoms with Crippen molar-refractivity contribution in [2.45, 2.75) is 36.6 Å². The third-order valence-electron chi connectivity index (χ3n) is 4.81. The topological polar surface area (TPSA) is 501 Å². The molecule has 1 fully saturated rings. The number of carbonyl (C=O) groups is 1. The van der Waals surface area contributed by atoms with Crippen molar-refractivity contribution in [2.24, 2.45) is 0 Å². The molecule has 14 N–H and O–H groups in total. The molecule has 292 valence electrons. The van der Waals surface area contributed by atoms with E-state index < -0.39 is 106 Å². The lowest BCUT2D eigenvalue weighted by molar-refractivity contribution is -0.202. The minimum atomic E-state index is -6.02. The predicted molar refractivity (Wildman–Crippen MR) is 147 cm³/mol. The summed E-state index contributed by atoms with van der Waals surface area (Å²) in [4.78, 5) is 120. The molecule has 50 heavy (non-hydrogen) atoms. The highest BCUT2D eigenvalue weighted by Gasteiger charge is 2.62. The molecule has 30 nitrogen and oxygen atoms in total. The quantitative estimate of drug-likeness (QED) is 0.0636. The summed E-state index contributed by atoms with van der Waals surface area (Å²) in [6.07, 6.45) is -18.9. The number of benzene rings is 1. The highest BCUT2D eigenvalue weighted by atomic mass is 32.3. The van der Waals surface area contributed by atoms with Crippen molar-refractivity contribution in [3.05, 3.63) is 29.8 Å². The van der Waals surface area contributed by atoms with Gasteiger partial charge in [-0.25, -0.2) is 32.2 Å². The van der Waals surface area contributed by atoms with Crippen LogP contribution in [0.15, 0.2) is 24.3 Å². The molecule has 0 unspecified atom stereocenters. The Kier molecular flexibility index (Phi) is 16.0. The van der Waals surface area contributed by atoms with Gasteiger partial charge in [0.1, 0.15) is 42.2 Å². The monoisotopic (exact) mass is 878 g/mol. The van der Waals surface area contributed by atoms with Gasteiger partial charge >= 0.3 is 63.3 Å². The zero-order chi connectivity index (χ0) is 39.5. The van der Waals surface area contributed by atoms with Crippen LogP contribution in [0.5, 0.6) is 5.75 Å². The molecule has 37 heteroatoms. The van der Waals surface area contributed by atoms with E-state index in [9.17, 15) is 40.6 Å². The number of rotatable bonds is 15. The molecule has 1 aliphatic carbocycles. The van der Waals surface area contributed by atoms with Gasteiger partial charge in [-0.05, 0) is 12.1 Å². The van der Waals surface area contributed by atoms with Gasteiger partial charge in [0.2, 0.25) is 0 Å². The fourth-order valence-electron chi connectivity index (χ4n) is 3.62. The highest BCUT2D eigenvalue weighted by Crippen LogP contribution is 2.57. The SMILES string of the molecule is O=C(O)c1ccccc1OS(=O)(=O)O.O=P(O)(O)O[C@H]1[C@H](OP(=O)(O)O)[C@@H](OP(=O)(O)O)[C@H](OP(=O)(O)O)[C@@H](OP(=O)(O)O)[C@H]1OP(=O)(O)O. The minimum Gasteiger partial charge on any atom is -0.478 e. The van der Waals surface area contributed by atoms with Crippen LogP contribution in [0.3, 0.4) is 0 Å². The van der Waals surface area contributed by atoms with Crippen LogP contribution in [0.4, 0.5) is 0 Å². The average molecular weight is 878 g/mol. The van der Waals surface area contributed by atoms with Crippen LogP contribution in [0.2, 0.25) is 0 Å². The van der Waals surface area contributed by atoms with Crippen LogP contribution in [0, 0.1) is 0 Å². The number of phosphoric ester groups is 6. The van der Waals surface area contributed by atoms with Crippen LogP contribution < -0.4 is 4.18 Å². The predicted octanol–water partition coefficient (Wildman–Crippen LogP) is -2.57. The number of para-hydroxylation sites is 1. The molecule has 0 radical (unpaired) electrons. The summed E-state index contributed by atoms with van der Waals surface area (Å²) < 4.78 is 126. The smallest absolute Gasteiger partial charge is 0.470 e. The summed E-state index contributed by atoms with van der Waals surface area (Å²) in [6.45, 7) is 0. The molecular weight excluding hydrogens is 854 g/mol. The molecule has 0 bridgehead atoms. The Balaban J connectivity index is 0.000000740. The van der Waals surface area contributed by atoms with Crippen LogP contribution in [0.1, 0.15) is 10.4 Å². The van der Waals surface area contributed by atoms with Crippen LogP contribution in [-0.2, 0) is 64.9 Å². The van der Waals surface area contributed by atoms with Crippen molar-refractivity contribution in [1.82, 2.24) is 0 Å². The maximum Gasteiger partial charge on any atom is 0.470 e. The molecule has 0 aromatic heterocycles. The molecule has 0 saturated heterocycles. The zero-order valence-electron chi connectivity index (χ0n) is 23.2. The number of hydrogen-bond acceptors (Lipinski definition) is 16. The first-order valence-electron chi connectivity index (χ1n) is 11.4. The summed E-state index contributed by atoms with van der Waals surface area (Å²) >= 11 is 0. The number of carboxylic acids is 1. The lowest BCUT2D eigenvalue weighted by atomic mass is 9.85. The van der Waals surface area contributed by atoms with Crippen molar-refractivity contribution < 1.29 is 140 Å². The van der Waals surface area contributed by atoms with Crippen molar-refractivity contribution in [3.63, 3.8) is 0 Å². The van der Waals surface area contributed by atoms with Gasteiger partial charge in [0.25, 0.3) is 0 Å². The first-order valence-corrected chi connectivity index (χ1v) is 21.9. The number of phosphoric acid groups is 6. The van der Waals surface area contributed by atoms with Crippen LogP contribution >= 0.6 is 46.9 Å². The maximum absolute atomic E-state index is 11.4. The Bertz CT molecular complexity index is 1510. The van der Waals surface area contributed by atoms with E-state index in [1.54, 1.807) is 0 Å². The van der Waals surface area contributed by atoms with Crippen molar-refractivity contribution in [3.8, 4) is 5.75 Å². The molecule has 0 aliphatic heterocycles. The molecular formula is C13H24O30P6S. The Labute approximate surface area is 275 Å². The summed E-state index contributed by atoms with van der Waals surface area (Å²) in [5, 5.41) is 8.61. The largest absolute Gasteiger partial charge is 0.478 e. The van der Waals surface area contributed by atoms with Gasteiger partial charge < -0.3 is 68.0 Å². The van der Waals surface area contributed by atoms with E-state index in [1.807, 2.05) is 0 Å². The van der Waals surface area contributed by atoms with Crippen molar-refractivity contribution >= 4 is 63.3 Å².